The van der Waals surface area contributed by atoms with Crippen molar-refractivity contribution in [2.24, 2.45) is 0 Å². The van der Waals surface area contributed by atoms with Gasteiger partial charge in [0.05, 0.1) is 6.67 Å². The zero-order valence-corrected chi connectivity index (χ0v) is 7.78. The van der Waals surface area contributed by atoms with Crippen LogP contribution in [0.4, 0.5) is 17.3 Å². The minimum Gasteiger partial charge on any atom is -0.382 e. The maximum Gasteiger partial charge on any atom is 0.159 e. The van der Waals surface area contributed by atoms with Crippen molar-refractivity contribution in [2.75, 3.05) is 22.6 Å². The molecule has 1 aromatic heterocycles. The van der Waals surface area contributed by atoms with Gasteiger partial charge in [-0.25, -0.2) is 9.97 Å². The Morgan fingerprint density at radius 2 is 2.31 bits per heavy atom. The molecule has 2 heterocycles. The molecule has 13 heavy (non-hydrogen) atoms. The number of nitrogen functional groups attached to an aromatic ring is 1. The Bertz CT molecular complexity index is 322. The van der Waals surface area contributed by atoms with Gasteiger partial charge in [0.1, 0.15) is 12.0 Å². The molecule has 0 bridgehead atoms. The molecule has 0 fully saturated rings. The van der Waals surface area contributed by atoms with E-state index in [0.717, 1.165) is 18.2 Å². The second-order valence-corrected chi connectivity index (χ2v) is 3.36. The molecule has 0 unspecified atom stereocenters. The van der Waals surface area contributed by atoms with Crippen LogP contribution in [0.2, 0.25) is 0 Å². The Morgan fingerprint density at radius 3 is 3.00 bits per heavy atom. The topological polar surface area (TPSA) is 67.1 Å². The van der Waals surface area contributed by atoms with E-state index in [2.05, 4.69) is 34.0 Å². The second kappa shape index (κ2) is 2.76. The average molecular weight is 179 g/mol. The Labute approximate surface area is 77.0 Å². The third-order valence-corrected chi connectivity index (χ3v) is 2.18. The molecule has 1 aliphatic heterocycles. The second-order valence-electron chi connectivity index (χ2n) is 3.36. The number of fused-ring (bicyclic) bond motifs is 1. The van der Waals surface area contributed by atoms with Crippen molar-refractivity contribution in [3.8, 4) is 0 Å². The summed E-state index contributed by atoms with van der Waals surface area (Å²) in [6.07, 6.45) is 1.50. The highest BCUT2D eigenvalue weighted by Crippen LogP contribution is 2.33. The number of hydrogen-bond acceptors (Lipinski definition) is 5. The van der Waals surface area contributed by atoms with Gasteiger partial charge in [0.25, 0.3) is 0 Å². The molecule has 70 valence electrons. The van der Waals surface area contributed by atoms with E-state index in [9.17, 15) is 0 Å². The lowest BCUT2D eigenvalue weighted by atomic mass is 10.3. The zero-order chi connectivity index (χ0) is 9.42. The van der Waals surface area contributed by atoms with Crippen LogP contribution in [-0.2, 0) is 0 Å². The van der Waals surface area contributed by atoms with Crippen LogP contribution >= 0.6 is 0 Å². The van der Waals surface area contributed by atoms with Crippen molar-refractivity contribution >= 4 is 17.3 Å². The molecule has 0 atom stereocenters. The molecule has 0 radical (unpaired) electrons. The summed E-state index contributed by atoms with van der Waals surface area (Å²) in [4.78, 5) is 10.3. The Hall–Kier alpha value is -1.52. The highest BCUT2D eigenvalue weighted by Gasteiger charge is 2.24. The number of nitrogens with two attached hydrogens (primary N) is 1. The van der Waals surface area contributed by atoms with Gasteiger partial charge in [0.15, 0.2) is 11.6 Å². The third-order valence-electron chi connectivity index (χ3n) is 2.18. The fourth-order valence-corrected chi connectivity index (χ4v) is 1.44. The van der Waals surface area contributed by atoms with Gasteiger partial charge in [0.2, 0.25) is 0 Å². The van der Waals surface area contributed by atoms with Gasteiger partial charge in [-0.2, -0.15) is 0 Å². The van der Waals surface area contributed by atoms with Crippen LogP contribution in [0.15, 0.2) is 6.33 Å². The van der Waals surface area contributed by atoms with Gasteiger partial charge in [-0.05, 0) is 13.8 Å². The van der Waals surface area contributed by atoms with Crippen LogP contribution < -0.4 is 16.0 Å². The van der Waals surface area contributed by atoms with Gasteiger partial charge in [-0.1, -0.05) is 0 Å². The van der Waals surface area contributed by atoms with Crippen molar-refractivity contribution in [3.05, 3.63) is 6.33 Å². The summed E-state index contributed by atoms with van der Waals surface area (Å²) >= 11 is 0. The lowest BCUT2D eigenvalue weighted by molar-refractivity contribution is 0.717. The smallest absolute Gasteiger partial charge is 0.159 e. The number of hydrogen-bond donors (Lipinski definition) is 2. The van der Waals surface area contributed by atoms with E-state index in [0.29, 0.717) is 11.9 Å². The van der Waals surface area contributed by atoms with Crippen LogP contribution in [0.5, 0.6) is 0 Å². The first kappa shape index (κ1) is 8.10. The Morgan fingerprint density at radius 1 is 1.54 bits per heavy atom. The summed E-state index contributed by atoms with van der Waals surface area (Å²) < 4.78 is 0. The molecule has 5 heteroatoms. The lowest BCUT2D eigenvalue weighted by Crippen LogP contribution is -2.30. The summed E-state index contributed by atoms with van der Waals surface area (Å²) in [6.45, 7) is 5.00. The van der Waals surface area contributed by atoms with Gasteiger partial charge < -0.3 is 16.0 Å². The Balaban J connectivity index is 2.43. The van der Waals surface area contributed by atoms with Gasteiger partial charge in [0, 0.05) is 6.04 Å². The van der Waals surface area contributed by atoms with Crippen LogP contribution in [0, 0.1) is 0 Å². The lowest BCUT2D eigenvalue weighted by Gasteiger charge is -2.20. The molecule has 3 N–H and O–H groups in total. The van der Waals surface area contributed by atoms with Crippen LogP contribution in [0.25, 0.3) is 0 Å². The molecular weight excluding hydrogens is 166 g/mol. The van der Waals surface area contributed by atoms with Gasteiger partial charge in [-0.15, -0.1) is 0 Å². The van der Waals surface area contributed by atoms with E-state index < -0.39 is 0 Å². The van der Waals surface area contributed by atoms with E-state index in [1.807, 2.05) is 0 Å². The van der Waals surface area contributed by atoms with Crippen molar-refractivity contribution in [2.45, 2.75) is 19.9 Å². The van der Waals surface area contributed by atoms with Crippen molar-refractivity contribution in [1.82, 2.24) is 9.97 Å². The standard InChI is InChI=1S/C8H13N5/c1-5(2)13-4-12-6-7(9)10-3-11-8(6)13/h3,5,12H,4H2,1-2H3,(H2,9,10,11). The number of nitrogens with one attached hydrogen (secondary N) is 1. The molecule has 0 aliphatic carbocycles. The zero-order valence-electron chi connectivity index (χ0n) is 7.78. The summed E-state index contributed by atoms with van der Waals surface area (Å²) in [5, 5.41) is 3.18. The minimum absolute atomic E-state index is 0.419. The molecule has 0 saturated carbocycles. The first-order chi connectivity index (χ1) is 6.20. The number of nitrogens with zero attached hydrogens (tertiary/aromatic N) is 3. The summed E-state index contributed by atoms with van der Waals surface area (Å²) in [5.74, 6) is 1.43. The number of aromatic nitrogens is 2. The first-order valence-corrected chi connectivity index (χ1v) is 4.31. The van der Waals surface area contributed by atoms with E-state index in [1.165, 1.54) is 6.33 Å². The van der Waals surface area contributed by atoms with Crippen LogP contribution in [-0.4, -0.2) is 22.7 Å². The predicted octanol–water partition coefficient (Wildman–Crippen LogP) is 0.657. The molecule has 2 rings (SSSR count). The normalized spacial score (nSPS) is 14.5. The fourth-order valence-electron chi connectivity index (χ4n) is 1.44. The SMILES string of the molecule is CC(C)N1CNc2c(N)ncnc21. The fraction of sp³-hybridized carbons (Fsp3) is 0.500. The first-order valence-electron chi connectivity index (χ1n) is 4.31. The van der Waals surface area contributed by atoms with Crippen molar-refractivity contribution in [1.29, 1.82) is 0 Å². The van der Waals surface area contributed by atoms with E-state index in [4.69, 9.17) is 5.73 Å². The molecule has 0 saturated heterocycles. The summed E-state index contributed by atoms with van der Waals surface area (Å²) in [5.41, 5.74) is 6.55. The van der Waals surface area contributed by atoms with Crippen LogP contribution in [0.1, 0.15) is 13.8 Å². The van der Waals surface area contributed by atoms with E-state index in [-0.39, 0.29) is 0 Å². The predicted molar refractivity (Wildman–Crippen MR) is 52.5 cm³/mol. The molecule has 5 nitrogen and oxygen atoms in total. The average Bonchev–Trinajstić information content (AvgIpc) is 2.48. The molecule has 1 aliphatic rings. The minimum atomic E-state index is 0.419. The van der Waals surface area contributed by atoms with Gasteiger partial charge >= 0.3 is 0 Å². The molecular formula is C8H13N5. The number of anilines is 3. The summed E-state index contributed by atoms with van der Waals surface area (Å²) in [6, 6.07) is 0.419. The monoisotopic (exact) mass is 179 g/mol. The highest BCUT2D eigenvalue weighted by atomic mass is 15.3. The third kappa shape index (κ3) is 1.16. The Kier molecular flexibility index (Phi) is 1.72. The van der Waals surface area contributed by atoms with Crippen molar-refractivity contribution < 1.29 is 0 Å². The molecule has 1 aromatic rings. The molecule has 0 amide bonds. The number of rotatable bonds is 1. The molecule has 0 spiro atoms. The van der Waals surface area contributed by atoms with Gasteiger partial charge in [-0.3, -0.25) is 0 Å². The largest absolute Gasteiger partial charge is 0.382 e. The maximum absolute atomic E-state index is 5.69. The maximum atomic E-state index is 5.69. The van der Waals surface area contributed by atoms with E-state index in [1.54, 1.807) is 0 Å². The molecule has 0 aromatic carbocycles. The van der Waals surface area contributed by atoms with E-state index >= 15 is 0 Å². The quantitative estimate of drug-likeness (QED) is 0.662. The summed E-state index contributed by atoms with van der Waals surface area (Å²) in [7, 11) is 0. The van der Waals surface area contributed by atoms with Crippen molar-refractivity contribution in [3.63, 3.8) is 0 Å². The highest BCUT2D eigenvalue weighted by molar-refractivity contribution is 5.79. The van der Waals surface area contributed by atoms with Crippen LogP contribution in [0.3, 0.4) is 0 Å².